The molecule has 4 heteroatoms. The van der Waals surface area contributed by atoms with Gasteiger partial charge in [-0.25, -0.2) is 0 Å². The molecule has 2 unspecified atom stereocenters. The summed E-state index contributed by atoms with van der Waals surface area (Å²) in [5.74, 6) is 0.653. The lowest BCUT2D eigenvalue weighted by Crippen LogP contribution is -2.51. The van der Waals surface area contributed by atoms with E-state index in [4.69, 9.17) is 5.26 Å². The fraction of sp³-hybridized carbons (Fsp3) is 0.857. The molecule has 1 heterocycles. The Hall–Kier alpha value is -1.08. The number of likely N-dealkylation sites (tertiary alicyclic amines) is 1. The number of nitriles is 1. The Labute approximate surface area is 110 Å². The molecule has 102 valence electrons. The van der Waals surface area contributed by atoms with Crippen LogP contribution in [-0.2, 0) is 4.79 Å². The highest BCUT2D eigenvalue weighted by Gasteiger charge is 2.29. The van der Waals surface area contributed by atoms with E-state index >= 15 is 0 Å². The van der Waals surface area contributed by atoms with E-state index in [0.717, 1.165) is 38.8 Å². The number of carbonyl (C=O) groups is 1. The molecule has 0 radical (unpaired) electrons. The van der Waals surface area contributed by atoms with E-state index in [1.54, 1.807) is 0 Å². The lowest BCUT2D eigenvalue weighted by molar-refractivity contribution is -0.126. The summed E-state index contributed by atoms with van der Waals surface area (Å²) in [6.07, 6.45) is 4.07. The smallest absolute Gasteiger partial charge is 0.237 e. The van der Waals surface area contributed by atoms with Gasteiger partial charge in [-0.3, -0.25) is 9.69 Å². The van der Waals surface area contributed by atoms with Crippen LogP contribution in [0.25, 0.3) is 0 Å². The Kier molecular flexibility index (Phi) is 6.14. The number of nitrogens with zero attached hydrogens (tertiary/aromatic N) is 2. The van der Waals surface area contributed by atoms with Crippen molar-refractivity contribution in [2.45, 2.75) is 58.5 Å². The number of piperidine rings is 1. The molecule has 0 spiro atoms. The molecular formula is C14H25N3O. The van der Waals surface area contributed by atoms with Crippen molar-refractivity contribution in [3.05, 3.63) is 0 Å². The molecule has 1 aliphatic rings. The highest BCUT2D eigenvalue weighted by Crippen LogP contribution is 2.19. The van der Waals surface area contributed by atoms with Gasteiger partial charge >= 0.3 is 0 Å². The molecule has 0 aromatic rings. The van der Waals surface area contributed by atoms with Gasteiger partial charge in [0.15, 0.2) is 0 Å². The molecular weight excluding hydrogens is 226 g/mol. The summed E-state index contributed by atoms with van der Waals surface area (Å²) in [5.41, 5.74) is 0. The predicted molar refractivity (Wildman–Crippen MR) is 71.9 cm³/mol. The van der Waals surface area contributed by atoms with E-state index < -0.39 is 0 Å². The third-order valence-corrected chi connectivity index (χ3v) is 3.59. The van der Waals surface area contributed by atoms with E-state index in [1.165, 1.54) is 0 Å². The highest BCUT2D eigenvalue weighted by atomic mass is 16.2. The zero-order valence-corrected chi connectivity index (χ0v) is 11.8. The molecule has 1 aliphatic heterocycles. The van der Waals surface area contributed by atoms with Crippen LogP contribution in [0, 0.1) is 17.2 Å². The molecule has 1 rings (SSSR count). The summed E-state index contributed by atoms with van der Waals surface area (Å²) in [6.45, 7) is 7.78. The highest BCUT2D eigenvalue weighted by molar-refractivity contribution is 5.81. The van der Waals surface area contributed by atoms with Crippen LogP contribution in [0.3, 0.4) is 0 Å². The summed E-state index contributed by atoms with van der Waals surface area (Å²) in [4.78, 5) is 14.1. The standard InChI is InChI=1S/C14H25N3O/c1-11(2)7-8-16-14(18)12(3)17-9-5-4-6-13(17)10-15/h11-13H,4-9H2,1-3H3,(H,16,18). The van der Waals surface area contributed by atoms with Gasteiger partial charge in [-0.1, -0.05) is 13.8 Å². The predicted octanol–water partition coefficient (Wildman–Crippen LogP) is 1.92. The average molecular weight is 251 g/mol. The largest absolute Gasteiger partial charge is 0.355 e. The van der Waals surface area contributed by atoms with Crippen LogP contribution in [0.1, 0.15) is 46.5 Å². The van der Waals surface area contributed by atoms with Gasteiger partial charge in [-0.2, -0.15) is 5.26 Å². The summed E-state index contributed by atoms with van der Waals surface area (Å²) < 4.78 is 0. The van der Waals surface area contributed by atoms with Crippen LogP contribution in [0.15, 0.2) is 0 Å². The van der Waals surface area contributed by atoms with Crippen LogP contribution in [0.4, 0.5) is 0 Å². The number of rotatable bonds is 5. The fourth-order valence-electron chi connectivity index (χ4n) is 2.34. The van der Waals surface area contributed by atoms with Crippen LogP contribution >= 0.6 is 0 Å². The Balaban J connectivity index is 2.44. The van der Waals surface area contributed by atoms with Crippen molar-refractivity contribution in [3.8, 4) is 6.07 Å². The summed E-state index contributed by atoms with van der Waals surface area (Å²) >= 11 is 0. The van der Waals surface area contributed by atoms with Crippen molar-refractivity contribution < 1.29 is 4.79 Å². The Morgan fingerprint density at radius 3 is 2.78 bits per heavy atom. The molecule has 0 aliphatic carbocycles. The van der Waals surface area contributed by atoms with Crippen molar-refractivity contribution in [1.29, 1.82) is 5.26 Å². The van der Waals surface area contributed by atoms with Gasteiger partial charge in [-0.15, -0.1) is 0 Å². The Morgan fingerprint density at radius 1 is 1.44 bits per heavy atom. The molecule has 0 bridgehead atoms. The topological polar surface area (TPSA) is 56.1 Å². The maximum atomic E-state index is 12.0. The quantitative estimate of drug-likeness (QED) is 0.812. The fourth-order valence-corrected chi connectivity index (χ4v) is 2.34. The molecule has 1 saturated heterocycles. The normalized spacial score (nSPS) is 22.5. The van der Waals surface area contributed by atoms with Gasteiger partial charge in [0.05, 0.1) is 18.2 Å². The first-order valence-electron chi connectivity index (χ1n) is 6.99. The Bertz CT molecular complexity index is 309. The van der Waals surface area contributed by atoms with E-state index in [2.05, 4.69) is 25.2 Å². The molecule has 2 atom stereocenters. The van der Waals surface area contributed by atoms with Crippen molar-refractivity contribution in [2.24, 2.45) is 5.92 Å². The Morgan fingerprint density at radius 2 is 2.17 bits per heavy atom. The zero-order chi connectivity index (χ0) is 13.5. The molecule has 18 heavy (non-hydrogen) atoms. The first kappa shape index (κ1) is 15.0. The van der Waals surface area contributed by atoms with E-state index in [1.807, 2.05) is 11.8 Å². The van der Waals surface area contributed by atoms with Gasteiger partial charge in [0.2, 0.25) is 5.91 Å². The zero-order valence-electron chi connectivity index (χ0n) is 11.8. The molecule has 1 N–H and O–H groups in total. The van der Waals surface area contributed by atoms with Crippen molar-refractivity contribution in [2.75, 3.05) is 13.1 Å². The summed E-state index contributed by atoms with van der Waals surface area (Å²) in [5, 5.41) is 12.1. The number of hydrogen-bond donors (Lipinski definition) is 1. The van der Waals surface area contributed by atoms with Crippen molar-refractivity contribution >= 4 is 5.91 Å². The maximum absolute atomic E-state index is 12.0. The average Bonchev–Trinajstić information content (AvgIpc) is 2.37. The van der Waals surface area contributed by atoms with Crippen LogP contribution in [0.2, 0.25) is 0 Å². The maximum Gasteiger partial charge on any atom is 0.237 e. The second-order valence-electron chi connectivity index (χ2n) is 5.53. The first-order valence-corrected chi connectivity index (χ1v) is 6.99. The lowest BCUT2D eigenvalue weighted by atomic mass is 10.0. The minimum atomic E-state index is -0.192. The molecule has 0 aromatic carbocycles. The molecule has 0 saturated carbocycles. The van der Waals surface area contributed by atoms with Gasteiger partial charge < -0.3 is 5.32 Å². The third-order valence-electron chi connectivity index (χ3n) is 3.59. The van der Waals surface area contributed by atoms with Crippen molar-refractivity contribution in [1.82, 2.24) is 10.2 Å². The molecule has 1 amide bonds. The number of carbonyl (C=O) groups excluding carboxylic acids is 1. The van der Waals surface area contributed by atoms with Crippen LogP contribution in [-0.4, -0.2) is 36.0 Å². The number of amides is 1. The summed E-state index contributed by atoms with van der Waals surface area (Å²) in [7, 11) is 0. The summed E-state index contributed by atoms with van der Waals surface area (Å²) in [6, 6.07) is 2.02. The molecule has 1 fully saturated rings. The SMILES string of the molecule is CC(C)CCNC(=O)C(C)N1CCCCC1C#N. The second-order valence-corrected chi connectivity index (χ2v) is 5.53. The van der Waals surface area contributed by atoms with Gasteiger partial charge in [0, 0.05) is 13.1 Å². The van der Waals surface area contributed by atoms with Crippen molar-refractivity contribution in [3.63, 3.8) is 0 Å². The number of nitrogens with one attached hydrogen (secondary N) is 1. The van der Waals surface area contributed by atoms with E-state index in [9.17, 15) is 4.79 Å². The van der Waals surface area contributed by atoms with Gasteiger partial charge in [-0.05, 0) is 38.5 Å². The van der Waals surface area contributed by atoms with Crippen LogP contribution in [0.5, 0.6) is 0 Å². The molecule has 4 nitrogen and oxygen atoms in total. The monoisotopic (exact) mass is 251 g/mol. The van der Waals surface area contributed by atoms with Crippen LogP contribution < -0.4 is 5.32 Å². The number of hydrogen-bond acceptors (Lipinski definition) is 3. The first-order chi connectivity index (χ1) is 8.56. The second kappa shape index (κ2) is 7.38. The van der Waals surface area contributed by atoms with Gasteiger partial charge in [0.1, 0.15) is 0 Å². The lowest BCUT2D eigenvalue weighted by Gasteiger charge is -2.35. The van der Waals surface area contributed by atoms with E-state index in [-0.39, 0.29) is 18.0 Å². The minimum absolute atomic E-state index is 0.0535. The third kappa shape index (κ3) is 4.30. The van der Waals surface area contributed by atoms with Gasteiger partial charge in [0.25, 0.3) is 0 Å². The van der Waals surface area contributed by atoms with E-state index in [0.29, 0.717) is 5.92 Å². The molecule has 0 aromatic heterocycles. The minimum Gasteiger partial charge on any atom is -0.355 e.